The Morgan fingerprint density at radius 3 is 2.45 bits per heavy atom. The predicted molar refractivity (Wildman–Crippen MR) is 121 cm³/mol. The third-order valence-electron chi connectivity index (χ3n) is 6.94. The van der Waals surface area contributed by atoms with Gasteiger partial charge >= 0.3 is 0 Å². The lowest BCUT2D eigenvalue weighted by Crippen LogP contribution is -2.52. The van der Waals surface area contributed by atoms with E-state index in [-0.39, 0.29) is 29.4 Å². The standard InChI is InChI=1S/C25H37N3O3/c1-5-20-23(19-8-6-7-9-21(19)31-20)24(30)26-14-16-12-17-10-11-18(13-16)28(17)15-22(29)27-25(2,3)4/h6-9,16-19,21H,5,10-15H2,1-4H3,(H,26,30)(H,27,29)/t16?,17-,18+,19?,21?. The Labute approximate surface area is 186 Å². The van der Waals surface area contributed by atoms with Gasteiger partial charge in [0.05, 0.1) is 18.0 Å². The number of hydrogen-bond donors (Lipinski definition) is 2. The summed E-state index contributed by atoms with van der Waals surface area (Å²) in [6.45, 7) is 9.28. The smallest absolute Gasteiger partial charge is 0.251 e. The molecule has 6 nitrogen and oxygen atoms in total. The number of nitrogens with one attached hydrogen (secondary N) is 2. The maximum Gasteiger partial charge on any atom is 0.251 e. The molecule has 0 spiro atoms. The minimum atomic E-state index is -0.197. The highest BCUT2D eigenvalue weighted by Gasteiger charge is 2.42. The average molecular weight is 428 g/mol. The molecule has 4 aliphatic rings. The Morgan fingerprint density at radius 1 is 1.13 bits per heavy atom. The van der Waals surface area contributed by atoms with Crippen LogP contribution in [0.25, 0.3) is 0 Å². The summed E-state index contributed by atoms with van der Waals surface area (Å²) < 4.78 is 6.01. The fourth-order valence-electron chi connectivity index (χ4n) is 5.69. The van der Waals surface area contributed by atoms with Crippen molar-refractivity contribution in [3.63, 3.8) is 0 Å². The summed E-state index contributed by atoms with van der Waals surface area (Å²) in [6, 6.07) is 0.893. The first kappa shape index (κ1) is 22.1. The highest BCUT2D eigenvalue weighted by molar-refractivity contribution is 5.95. The molecule has 3 aliphatic heterocycles. The summed E-state index contributed by atoms with van der Waals surface area (Å²) >= 11 is 0. The van der Waals surface area contributed by atoms with Gasteiger partial charge in [-0.2, -0.15) is 0 Å². The van der Waals surface area contributed by atoms with Gasteiger partial charge in [-0.15, -0.1) is 0 Å². The first-order valence-corrected chi connectivity index (χ1v) is 11.8. The molecular formula is C25H37N3O3. The molecule has 2 saturated heterocycles. The van der Waals surface area contributed by atoms with Crippen LogP contribution in [0.1, 0.15) is 59.8 Å². The number of piperidine rings is 1. The number of allylic oxidation sites excluding steroid dienone is 3. The Balaban J connectivity index is 1.31. The number of carbonyl (C=O) groups excluding carboxylic acids is 2. The van der Waals surface area contributed by atoms with Crippen molar-refractivity contribution >= 4 is 11.8 Å². The normalized spacial score (nSPS) is 32.1. The van der Waals surface area contributed by atoms with Gasteiger partial charge in [0.25, 0.3) is 5.91 Å². The van der Waals surface area contributed by atoms with Crippen LogP contribution in [0.2, 0.25) is 0 Å². The van der Waals surface area contributed by atoms with Gasteiger partial charge in [-0.1, -0.05) is 25.2 Å². The molecule has 0 aromatic rings. The quantitative estimate of drug-likeness (QED) is 0.684. The molecule has 170 valence electrons. The topological polar surface area (TPSA) is 70.7 Å². The largest absolute Gasteiger partial charge is 0.489 e. The van der Waals surface area contributed by atoms with E-state index >= 15 is 0 Å². The molecule has 2 amide bonds. The molecule has 0 saturated carbocycles. The van der Waals surface area contributed by atoms with Crippen molar-refractivity contribution in [3.8, 4) is 0 Å². The van der Waals surface area contributed by atoms with Crippen molar-refractivity contribution in [1.29, 1.82) is 0 Å². The molecular weight excluding hydrogens is 390 g/mol. The molecule has 4 rings (SSSR count). The zero-order valence-electron chi connectivity index (χ0n) is 19.3. The van der Waals surface area contributed by atoms with Crippen molar-refractivity contribution < 1.29 is 14.3 Å². The maximum atomic E-state index is 13.1. The van der Waals surface area contributed by atoms with Crippen LogP contribution in [0.4, 0.5) is 0 Å². The third kappa shape index (κ3) is 4.89. The second-order valence-electron chi connectivity index (χ2n) is 10.5. The van der Waals surface area contributed by atoms with Crippen molar-refractivity contribution in [2.24, 2.45) is 11.8 Å². The Kier molecular flexibility index (Phi) is 6.29. The summed E-state index contributed by atoms with van der Waals surface area (Å²) in [5, 5.41) is 6.30. The first-order valence-electron chi connectivity index (χ1n) is 11.8. The van der Waals surface area contributed by atoms with E-state index in [9.17, 15) is 9.59 Å². The second kappa shape index (κ2) is 8.81. The van der Waals surface area contributed by atoms with E-state index in [0.717, 1.165) is 43.4 Å². The molecule has 31 heavy (non-hydrogen) atoms. The fourth-order valence-corrected chi connectivity index (χ4v) is 5.69. The molecule has 2 fully saturated rings. The Bertz CT molecular complexity index is 793. The van der Waals surface area contributed by atoms with Crippen molar-refractivity contribution in [2.75, 3.05) is 13.1 Å². The molecule has 0 radical (unpaired) electrons. The van der Waals surface area contributed by atoms with Gasteiger partial charge < -0.3 is 15.4 Å². The van der Waals surface area contributed by atoms with E-state index in [0.29, 0.717) is 31.1 Å². The Morgan fingerprint density at radius 2 is 1.81 bits per heavy atom. The third-order valence-corrected chi connectivity index (χ3v) is 6.94. The number of carbonyl (C=O) groups is 2. The van der Waals surface area contributed by atoms with E-state index in [1.165, 1.54) is 0 Å². The summed E-state index contributed by atoms with van der Waals surface area (Å²) in [6.07, 6.45) is 13.2. The number of nitrogens with zero attached hydrogens (tertiary/aromatic N) is 1. The van der Waals surface area contributed by atoms with E-state index < -0.39 is 0 Å². The number of hydrogen-bond acceptors (Lipinski definition) is 4. The molecule has 3 unspecified atom stereocenters. The van der Waals surface area contributed by atoms with E-state index in [4.69, 9.17) is 4.74 Å². The van der Waals surface area contributed by atoms with Gasteiger partial charge in [0.1, 0.15) is 11.9 Å². The van der Waals surface area contributed by atoms with Gasteiger partial charge in [0, 0.05) is 30.6 Å². The number of ether oxygens (including phenoxy) is 1. The van der Waals surface area contributed by atoms with Gasteiger partial charge in [-0.25, -0.2) is 0 Å². The van der Waals surface area contributed by atoms with E-state index in [1.54, 1.807) is 0 Å². The first-order chi connectivity index (χ1) is 14.7. The highest BCUT2D eigenvalue weighted by atomic mass is 16.5. The number of fused-ring (bicyclic) bond motifs is 3. The Hall–Kier alpha value is -2.08. The molecule has 1 aliphatic carbocycles. The van der Waals surface area contributed by atoms with E-state index in [2.05, 4.69) is 21.6 Å². The predicted octanol–water partition coefficient (Wildman–Crippen LogP) is 3.07. The van der Waals surface area contributed by atoms with Gasteiger partial charge in [0.2, 0.25) is 5.91 Å². The summed E-state index contributed by atoms with van der Waals surface area (Å²) in [7, 11) is 0. The highest BCUT2D eigenvalue weighted by Crippen LogP contribution is 2.39. The minimum Gasteiger partial charge on any atom is -0.489 e. The molecule has 0 aromatic heterocycles. The monoisotopic (exact) mass is 427 g/mol. The lowest BCUT2D eigenvalue weighted by Gasteiger charge is -2.39. The van der Waals surface area contributed by atoms with Crippen molar-refractivity contribution in [2.45, 2.75) is 83.5 Å². The van der Waals surface area contributed by atoms with Crippen molar-refractivity contribution in [1.82, 2.24) is 15.5 Å². The van der Waals surface area contributed by atoms with Crippen LogP contribution in [-0.4, -0.2) is 53.5 Å². The lowest BCUT2D eigenvalue weighted by molar-refractivity contribution is -0.125. The van der Waals surface area contributed by atoms with Crippen LogP contribution in [0.5, 0.6) is 0 Å². The van der Waals surface area contributed by atoms with E-state index in [1.807, 2.05) is 45.9 Å². The van der Waals surface area contributed by atoms with Crippen LogP contribution in [0.15, 0.2) is 35.6 Å². The fraction of sp³-hybridized carbons (Fsp3) is 0.680. The summed E-state index contributed by atoms with van der Waals surface area (Å²) in [5.74, 6) is 1.45. The zero-order valence-corrected chi connectivity index (χ0v) is 19.3. The molecule has 3 heterocycles. The maximum absolute atomic E-state index is 13.1. The number of rotatable bonds is 6. The summed E-state index contributed by atoms with van der Waals surface area (Å²) in [5.41, 5.74) is 0.601. The summed E-state index contributed by atoms with van der Waals surface area (Å²) in [4.78, 5) is 27.9. The lowest BCUT2D eigenvalue weighted by atomic mass is 9.89. The molecule has 2 bridgehead atoms. The number of amides is 2. The molecule has 0 aromatic carbocycles. The minimum absolute atomic E-state index is 0.0173. The second-order valence-corrected chi connectivity index (χ2v) is 10.5. The van der Waals surface area contributed by atoms with Gasteiger partial charge in [-0.05, 0) is 58.4 Å². The van der Waals surface area contributed by atoms with Crippen LogP contribution in [0, 0.1) is 11.8 Å². The van der Waals surface area contributed by atoms with Crippen LogP contribution >= 0.6 is 0 Å². The molecule has 6 heteroatoms. The van der Waals surface area contributed by atoms with Crippen LogP contribution in [0.3, 0.4) is 0 Å². The van der Waals surface area contributed by atoms with Crippen LogP contribution in [-0.2, 0) is 14.3 Å². The van der Waals surface area contributed by atoms with Gasteiger partial charge in [-0.3, -0.25) is 14.5 Å². The van der Waals surface area contributed by atoms with Gasteiger partial charge in [0.15, 0.2) is 0 Å². The van der Waals surface area contributed by atoms with Crippen LogP contribution < -0.4 is 10.6 Å². The SMILES string of the molecule is CCC1=C(C(=O)NCC2C[C@H]3CC[C@@H](C2)N3CC(=O)NC(C)(C)C)C2C=CC=CC2O1. The average Bonchev–Trinajstić information content (AvgIpc) is 3.18. The van der Waals surface area contributed by atoms with Crippen molar-refractivity contribution in [3.05, 3.63) is 35.6 Å². The zero-order chi connectivity index (χ0) is 22.2. The molecule has 5 atom stereocenters. The molecule has 2 N–H and O–H groups in total.